The maximum Gasteiger partial charge on any atom is 0.243 e. The summed E-state index contributed by atoms with van der Waals surface area (Å²) in [6.07, 6.45) is 6.43. The van der Waals surface area contributed by atoms with Crippen molar-refractivity contribution in [3.63, 3.8) is 0 Å². The van der Waals surface area contributed by atoms with Crippen LogP contribution < -0.4 is 0 Å². The van der Waals surface area contributed by atoms with Crippen LogP contribution in [0.4, 0.5) is 0 Å². The Balaban J connectivity index is 1.67. The molecule has 1 saturated carbocycles. The van der Waals surface area contributed by atoms with E-state index in [0.717, 1.165) is 13.1 Å². The van der Waals surface area contributed by atoms with E-state index >= 15 is 0 Å². The van der Waals surface area contributed by atoms with Crippen LogP contribution in [-0.4, -0.2) is 49.8 Å². The monoisotopic (exact) mass is 376 g/mol. The van der Waals surface area contributed by atoms with Gasteiger partial charge in [0.1, 0.15) is 0 Å². The molecule has 1 saturated heterocycles. The summed E-state index contributed by atoms with van der Waals surface area (Å²) in [5.41, 5.74) is 0. The number of piperazine rings is 1. The summed E-state index contributed by atoms with van der Waals surface area (Å²) in [5.74, 6) is 0. The lowest BCUT2D eigenvalue weighted by Gasteiger charge is -2.40. The van der Waals surface area contributed by atoms with E-state index in [4.69, 9.17) is 23.2 Å². The van der Waals surface area contributed by atoms with Crippen LogP contribution in [-0.2, 0) is 10.0 Å². The van der Waals surface area contributed by atoms with Crippen LogP contribution in [0.2, 0.25) is 10.0 Å². The standard InChI is InChI=1S/C16H22Cl2N2O2S/c17-15-7-6-14(12-16(15)18)23(21,22)20-10-8-19(9-11-20)13-4-2-1-3-5-13/h6-7,12-13H,1-5,8-11H2. The van der Waals surface area contributed by atoms with Gasteiger partial charge in [0, 0.05) is 32.2 Å². The van der Waals surface area contributed by atoms with Crippen molar-refractivity contribution in [2.75, 3.05) is 26.2 Å². The topological polar surface area (TPSA) is 40.6 Å². The normalized spacial score (nSPS) is 22.3. The van der Waals surface area contributed by atoms with E-state index in [1.54, 1.807) is 4.31 Å². The minimum absolute atomic E-state index is 0.220. The highest BCUT2D eigenvalue weighted by molar-refractivity contribution is 7.89. The van der Waals surface area contributed by atoms with E-state index in [1.165, 1.54) is 50.3 Å². The molecule has 128 valence electrons. The van der Waals surface area contributed by atoms with Gasteiger partial charge in [-0.25, -0.2) is 8.42 Å². The highest BCUT2D eigenvalue weighted by Crippen LogP contribution is 2.28. The lowest BCUT2D eigenvalue weighted by molar-refractivity contribution is 0.111. The molecule has 0 atom stereocenters. The largest absolute Gasteiger partial charge is 0.298 e. The Bertz CT molecular complexity index is 652. The highest BCUT2D eigenvalue weighted by atomic mass is 35.5. The molecule has 2 fully saturated rings. The molecule has 0 amide bonds. The molecule has 4 nitrogen and oxygen atoms in total. The van der Waals surface area contributed by atoms with Gasteiger partial charge in [0.15, 0.2) is 0 Å². The zero-order valence-electron chi connectivity index (χ0n) is 13.0. The van der Waals surface area contributed by atoms with Crippen LogP contribution in [0.3, 0.4) is 0 Å². The molecule has 1 aromatic rings. The average Bonchev–Trinajstić information content (AvgIpc) is 2.58. The first-order valence-electron chi connectivity index (χ1n) is 8.18. The Labute approximate surface area is 148 Å². The first kappa shape index (κ1) is 17.5. The molecule has 0 radical (unpaired) electrons. The van der Waals surface area contributed by atoms with Gasteiger partial charge in [0.2, 0.25) is 10.0 Å². The number of hydrogen-bond donors (Lipinski definition) is 0. The Kier molecular flexibility index (Phi) is 5.53. The fourth-order valence-corrected chi connectivity index (χ4v) is 5.35. The Morgan fingerprint density at radius 3 is 2.17 bits per heavy atom. The van der Waals surface area contributed by atoms with Gasteiger partial charge in [-0.05, 0) is 31.0 Å². The summed E-state index contributed by atoms with van der Waals surface area (Å²) in [5, 5.41) is 0.640. The second-order valence-electron chi connectivity index (χ2n) is 6.31. The number of nitrogens with zero attached hydrogens (tertiary/aromatic N) is 2. The van der Waals surface area contributed by atoms with Gasteiger partial charge in [-0.2, -0.15) is 4.31 Å². The van der Waals surface area contributed by atoms with Crippen molar-refractivity contribution in [3.8, 4) is 0 Å². The maximum absolute atomic E-state index is 12.7. The minimum atomic E-state index is -3.49. The van der Waals surface area contributed by atoms with Crippen LogP contribution in [0.25, 0.3) is 0 Å². The lowest BCUT2D eigenvalue weighted by atomic mass is 9.94. The maximum atomic E-state index is 12.7. The zero-order valence-corrected chi connectivity index (χ0v) is 15.4. The van der Waals surface area contributed by atoms with Crippen LogP contribution in [0.5, 0.6) is 0 Å². The number of benzene rings is 1. The molecule has 0 aromatic heterocycles. The summed E-state index contributed by atoms with van der Waals surface area (Å²) in [7, 11) is -3.49. The summed E-state index contributed by atoms with van der Waals surface area (Å²) in [4.78, 5) is 2.68. The summed E-state index contributed by atoms with van der Waals surface area (Å²) in [6, 6.07) is 5.14. The predicted molar refractivity (Wildman–Crippen MR) is 93.7 cm³/mol. The van der Waals surface area contributed by atoms with Crippen molar-refractivity contribution in [2.24, 2.45) is 0 Å². The van der Waals surface area contributed by atoms with Crippen LogP contribution >= 0.6 is 23.2 Å². The predicted octanol–water partition coefficient (Wildman–Crippen LogP) is 3.63. The molecule has 1 aliphatic heterocycles. The SMILES string of the molecule is O=S(=O)(c1ccc(Cl)c(Cl)c1)N1CCN(C2CCCCC2)CC1. The molecular weight excluding hydrogens is 355 g/mol. The third-order valence-electron chi connectivity index (χ3n) is 4.89. The highest BCUT2D eigenvalue weighted by Gasteiger charge is 2.31. The fourth-order valence-electron chi connectivity index (χ4n) is 3.54. The van der Waals surface area contributed by atoms with E-state index in [2.05, 4.69) is 4.90 Å². The molecule has 2 aliphatic rings. The van der Waals surface area contributed by atoms with Crippen LogP contribution in [0, 0.1) is 0 Å². The third kappa shape index (κ3) is 3.85. The van der Waals surface area contributed by atoms with Crippen molar-refractivity contribution >= 4 is 33.2 Å². The van der Waals surface area contributed by atoms with Gasteiger partial charge >= 0.3 is 0 Å². The van der Waals surface area contributed by atoms with Crippen molar-refractivity contribution < 1.29 is 8.42 Å². The Hall–Kier alpha value is -0.330. The van der Waals surface area contributed by atoms with Crippen LogP contribution in [0.1, 0.15) is 32.1 Å². The van der Waals surface area contributed by atoms with Crippen molar-refractivity contribution in [2.45, 2.75) is 43.0 Å². The summed E-state index contributed by atoms with van der Waals surface area (Å²) >= 11 is 11.8. The lowest BCUT2D eigenvalue weighted by Crippen LogP contribution is -2.52. The molecule has 1 heterocycles. The molecule has 7 heteroatoms. The molecule has 1 aliphatic carbocycles. The molecule has 0 bridgehead atoms. The van der Waals surface area contributed by atoms with E-state index in [9.17, 15) is 8.42 Å². The van der Waals surface area contributed by atoms with Gasteiger partial charge in [-0.15, -0.1) is 0 Å². The van der Waals surface area contributed by atoms with Crippen molar-refractivity contribution in [1.29, 1.82) is 0 Å². The number of rotatable bonds is 3. The average molecular weight is 377 g/mol. The smallest absolute Gasteiger partial charge is 0.243 e. The third-order valence-corrected chi connectivity index (χ3v) is 7.53. The molecule has 0 N–H and O–H groups in total. The van der Waals surface area contributed by atoms with Crippen molar-refractivity contribution in [1.82, 2.24) is 9.21 Å². The molecule has 23 heavy (non-hydrogen) atoms. The number of halogens is 2. The van der Waals surface area contributed by atoms with Crippen molar-refractivity contribution in [3.05, 3.63) is 28.2 Å². The Morgan fingerprint density at radius 2 is 1.57 bits per heavy atom. The van der Waals surface area contributed by atoms with Gasteiger partial charge in [0.05, 0.1) is 14.9 Å². The van der Waals surface area contributed by atoms with Gasteiger partial charge in [-0.3, -0.25) is 4.90 Å². The molecule has 1 aromatic carbocycles. The van der Waals surface area contributed by atoms with Gasteiger partial charge in [0.25, 0.3) is 0 Å². The zero-order chi connectivity index (χ0) is 16.4. The molecular formula is C16H22Cl2N2O2S. The fraction of sp³-hybridized carbons (Fsp3) is 0.625. The molecule has 0 unspecified atom stereocenters. The number of hydrogen-bond acceptors (Lipinski definition) is 3. The quantitative estimate of drug-likeness (QED) is 0.808. The van der Waals surface area contributed by atoms with E-state index in [-0.39, 0.29) is 9.92 Å². The summed E-state index contributed by atoms with van der Waals surface area (Å²) in [6.45, 7) is 2.70. The summed E-state index contributed by atoms with van der Waals surface area (Å²) < 4.78 is 27.0. The first-order valence-corrected chi connectivity index (χ1v) is 10.4. The van der Waals surface area contributed by atoms with Crippen LogP contribution in [0.15, 0.2) is 23.1 Å². The van der Waals surface area contributed by atoms with Gasteiger partial charge in [-0.1, -0.05) is 42.5 Å². The number of sulfonamides is 1. The second kappa shape index (κ2) is 7.28. The minimum Gasteiger partial charge on any atom is -0.298 e. The first-order chi connectivity index (χ1) is 11.0. The van der Waals surface area contributed by atoms with Gasteiger partial charge < -0.3 is 0 Å². The van der Waals surface area contributed by atoms with E-state index in [1.807, 2.05) is 0 Å². The Morgan fingerprint density at radius 1 is 0.913 bits per heavy atom. The van der Waals surface area contributed by atoms with E-state index in [0.29, 0.717) is 24.2 Å². The van der Waals surface area contributed by atoms with E-state index < -0.39 is 10.0 Å². The molecule has 0 spiro atoms. The molecule has 3 rings (SSSR count). The second-order valence-corrected chi connectivity index (χ2v) is 9.06.